The smallest absolute Gasteiger partial charge is 0.310 e. The van der Waals surface area contributed by atoms with Crippen LogP contribution in [-0.4, -0.2) is 17.0 Å². The van der Waals surface area contributed by atoms with Crippen LogP contribution < -0.4 is 11.1 Å². The molecule has 0 spiro atoms. The molecular weight excluding hydrogens is 717 g/mol. The van der Waals surface area contributed by atoms with Gasteiger partial charge in [-0.25, -0.2) is 0 Å². The molecule has 1 amide bonds. The van der Waals surface area contributed by atoms with Gasteiger partial charge in [-0.15, -0.1) is 23.5 Å². The number of carboxylic acid groups (broad SMARTS) is 1. The number of thioether (sulfide) groups is 2. The summed E-state index contributed by atoms with van der Waals surface area (Å²) in [5.41, 5.74) is 14.0. The Morgan fingerprint density at radius 1 is 0.545 bits per heavy atom. The van der Waals surface area contributed by atoms with Gasteiger partial charge < -0.3 is 16.2 Å². The van der Waals surface area contributed by atoms with E-state index in [-0.39, 0.29) is 11.3 Å². The van der Waals surface area contributed by atoms with Crippen LogP contribution in [-0.2, 0) is 46.8 Å². The molecule has 5 nitrogen and oxygen atoms in total. The number of carbonyl (C=O) groups is 2. The van der Waals surface area contributed by atoms with Crippen LogP contribution in [0.15, 0.2) is 168 Å². The van der Waals surface area contributed by atoms with Crippen molar-refractivity contribution in [3.63, 3.8) is 0 Å². The maximum atomic E-state index is 12.9. The van der Waals surface area contributed by atoms with Crippen LogP contribution in [0.2, 0.25) is 0 Å². The third-order valence-corrected chi connectivity index (χ3v) is 12.3. The van der Waals surface area contributed by atoms with Gasteiger partial charge >= 0.3 is 5.97 Å². The average Bonchev–Trinajstić information content (AvgIpc) is 3.76. The van der Waals surface area contributed by atoms with Gasteiger partial charge in [-0.2, -0.15) is 0 Å². The summed E-state index contributed by atoms with van der Waals surface area (Å²) in [6.45, 7) is 3.88. The van der Waals surface area contributed by atoms with Gasteiger partial charge in [0.05, 0.1) is 10.8 Å². The molecule has 0 bridgehead atoms. The maximum absolute atomic E-state index is 12.9. The summed E-state index contributed by atoms with van der Waals surface area (Å²) < 4.78 is 0. The molecule has 55 heavy (non-hydrogen) atoms. The maximum Gasteiger partial charge on any atom is 0.310 e. The van der Waals surface area contributed by atoms with Crippen LogP contribution >= 0.6 is 23.5 Å². The number of nitrogens with one attached hydrogen (secondary N) is 1. The van der Waals surface area contributed by atoms with Crippen molar-refractivity contribution < 1.29 is 14.7 Å². The number of anilines is 2. The first-order chi connectivity index (χ1) is 26.6. The molecule has 0 fully saturated rings. The summed E-state index contributed by atoms with van der Waals surface area (Å²) in [4.78, 5) is 26.3. The van der Waals surface area contributed by atoms with Gasteiger partial charge in [0, 0.05) is 32.7 Å². The van der Waals surface area contributed by atoms with Gasteiger partial charge in [0.25, 0.3) is 0 Å². The number of hydrogen-bond acceptors (Lipinski definition) is 5. The Morgan fingerprint density at radius 2 is 0.909 bits per heavy atom. The van der Waals surface area contributed by atoms with Crippen LogP contribution in [0.4, 0.5) is 11.4 Å². The first kappa shape index (κ1) is 39.5. The SMILES string of the molecule is CC1(C(=O)Nc2ccc(SCc3ccccc3)cc2)Cc2ccccc2C1.CC1(C(=O)O)Cc2ccccc2C1.Nc1ccc(SCc2ccccc2)cc1. The minimum atomic E-state index is -0.691. The van der Waals surface area contributed by atoms with Crippen molar-refractivity contribution in [3.05, 3.63) is 191 Å². The van der Waals surface area contributed by atoms with Gasteiger partial charge in [-0.3, -0.25) is 9.59 Å². The fourth-order valence-corrected chi connectivity index (χ4v) is 8.59. The number of nitrogens with two attached hydrogens (primary N) is 1. The number of carboxylic acids is 1. The molecule has 0 atom stereocenters. The van der Waals surface area contributed by atoms with Crippen molar-refractivity contribution in [1.29, 1.82) is 0 Å². The van der Waals surface area contributed by atoms with Crippen molar-refractivity contribution in [2.75, 3.05) is 11.1 Å². The quantitative estimate of drug-likeness (QED) is 0.100. The first-order valence-corrected chi connectivity index (χ1v) is 20.5. The highest BCUT2D eigenvalue weighted by atomic mass is 32.2. The Kier molecular flexibility index (Phi) is 13.2. The summed E-state index contributed by atoms with van der Waals surface area (Å²) >= 11 is 3.63. The molecule has 0 saturated heterocycles. The van der Waals surface area contributed by atoms with Gasteiger partial charge in [0.1, 0.15) is 0 Å². The molecule has 2 aliphatic rings. The minimum Gasteiger partial charge on any atom is -0.481 e. The molecule has 7 heteroatoms. The summed E-state index contributed by atoms with van der Waals surface area (Å²) in [5.74, 6) is 1.36. The number of nitrogen functional groups attached to an aromatic ring is 1. The molecule has 0 aromatic heterocycles. The summed E-state index contributed by atoms with van der Waals surface area (Å²) in [6, 6.07) is 53.4. The molecule has 0 unspecified atom stereocenters. The summed E-state index contributed by atoms with van der Waals surface area (Å²) in [5, 5.41) is 12.2. The molecule has 8 rings (SSSR count). The third-order valence-electron chi connectivity index (χ3n) is 10.1. The molecule has 2 aliphatic carbocycles. The van der Waals surface area contributed by atoms with Gasteiger partial charge in [-0.05, 0) is 115 Å². The highest BCUT2D eigenvalue weighted by Crippen LogP contribution is 2.38. The molecule has 0 heterocycles. The Hall–Kier alpha value is -5.24. The number of hydrogen-bond donors (Lipinski definition) is 3. The van der Waals surface area contributed by atoms with E-state index in [1.54, 1.807) is 11.8 Å². The highest BCUT2D eigenvalue weighted by Gasteiger charge is 2.40. The number of carbonyl (C=O) groups excluding carboxylic acids is 1. The molecule has 6 aromatic carbocycles. The first-order valence-electron chi connectivity index (χ1n) is 18.6. The van der Waals surface area contributed by atoms with Crippen molar-refractivity contribution in [2.24, 2.45) is 10.8 Å². The van der Waals surface area contributed by atoms with E-state index < -0.39 is 11.4 Å². The lowest BCUT2D eigenvalue weighted by Crippen LogP contribution is -2.34. The topological polar surface area (TPSA) is 92.4 Å². The molecule has 280 valence electrons. The minimum absolute atomic E-state index is 0.100. The van der Waals surface area contributed by atoms with E-state index in [1.807, 2.05) is 91.5 Å². The number of benzene rings is 6. The largest absolute Gasteiger partial charge is 0.481 e. The van der Waals surface area contributed by atoms with Gasteiger partial charge in [0.2, 0.25) is 5.91 Å². The molecule has 6 aromatic rings. The van der Waals surface area contributed by atoms with E-state index in [9.17, 15) is 9.59 Å². The zero-order valence-electron chi connectivity index (χ0n) is 31.4. The van der Waals surface area contributed by atoms with Crippen LogP contribution in [0.25, 0.3) is 0 Å². The molecule has 0 saturated carbocycles. The fourth-order valence-electron chi connectivity index (χ4n) is 6.89. The molecular formula is C48H48N2O3S2. The van der Waals surface area contributed by atoms with Crippen LogP contribution in [0.3, 0.4) is 0 Å². The second-order valence-corrected chi connectivity index (χ2v) is 16.9. The number of amides is 1. The highest BCUT2D eigenvalue weighted by molar-refractivity contribution is 7.98. The summed E-state index contributed by atoms with van der Waals surface area (Å²) in [6.07, 6.45) is 2.94. The Balaban J connectivity index is 0.000000155. The van der Waals surface area contributed by atoms with E-state index in [2.05, 4.69) is 97.2 Å². The third kappa shape index (κ3) is 10.9. The Labute approximate surface area is 333 Å². The van der Waals surface area contributed by atoms with E-state index in [4.69, 9.17) is 10.8 Å². The summed E-state index contributed by atoms with van der Waals surface area (Å²) in [7, 11) is 0. The van der Waals surface area contributed by atoms with Crippen molar-refractivity contribution in [2.45, 2.75) is 60.8 Å². The fraction of sp³-hybridized carbons (Fsp3) is 0.208. The van der Waals surface area contributed by atoms with Crippen LogP contribution in [0, 0.1) is 10.8 Å². The van der Waals surface area contributed by atoms with Crippen LogP contribution in [0.5, 0.6) is 0 Å². The second-order valence-electron chi connectivity index (χ2n) is 14.8. The van der Waals surface area contributed by atoms with E-state index >= 15 is 0 Å². The van der Waals surface area contributed by atoms with Crippen molar-refractivity contribution >= 4 is 46.8 Å². The Bertz CT molecular complexity index is 2120. The van der Waals surface area contributed by atoms with Crippen LogP contribution in [0.1, 0.15) is 47.2 Å². The second kappa shape index (κ2) is 18.4. The lowest BCUT2D eigenvalue weighted by Gasteiger charge is -2.22. The normalized spacial score (nSPS) is 14.2. The molecule has 0 radical (unpaired) electrons. The van der Waals surface area contributed by atoms with Crippen molar-refractivity contribution in [1.82, 2.24) is 0 Å². The zero-order chi connectivity index (χ0) is 38.7. The van der Waals surface area contributed by atoms with Gasteiger partial charge in [0.15, 0.2) is 0 Å². The Morgan fingerprint density at radius 3 is 1.31 bits per heavy atom. The number of fused-ring (bicyclic) bond motifs is 2. The predicted molar refractivity (Wildman–Crippen MR) is 229 cm³/mol. The molecule has 4 N–H and O–H groups in total. The number of rotatable bonds is 9. The molecule has 0 aliphatic heterocycles. The average molecular weight is 765 g/mol. The lowest BCUT2D eigenvalue weighted by atomic mass is 9.86. The monoisotopic (exact) mass is 764 g/mol. The number of aliphatic carboxylic acids is 1. The zero-order valence-corrected chi connectivity index (χ0v) is 33.0. The van der Waals surface area contributed by atoms with Crippen molar-refractivity contribution in [3.8, 4) is 0 Å². The van der Waals surface area contributed by atoms with Gasteiger partial charge in [-0.1, -0.05) is 116 Å². The van der Waals surface area contributed by atoms with E-state index in [0.717, 1.165) is 35.7 Å². The standard InChI is InChI=1S/C24H23NOS.C13H13NS.C11H12O2/c1-24(15-19-9-5-6-10-20(19)16-24)23(26)25-21-11-13-22(14-12-21)27-17-18-7-3-2-4-8-18;14-12-6-8-13(9-7-12)15-10-11-4-2-1-3-5-11;1-11(10(12)13)6-8-4-2-3-5-9(8)7-11/h2-14H,15-17H2,1H3,(H,25,26);1-9H,10,14H2;2-5H,6-7H2,1H3,(H,12,13). The predicted octanol–water partition coefficient (Wildman–Crippen LogP) is 11.2. The lowest BCUT2D eigenvalue weighted by molar-refractivity contribution is -0.147. The van der Waals surface area contributed by atoms with E-state index in [0.29, 0.717) is 12.8 Å². The van der Waals surface area contributed by atoms with E-state index in [1.165, 1.54) is 43.2 Å².